The van der Waals surface area contributed by atoms with Crippen LogP contribution in [0.4, 0.5) is 10.5 Å². The van der Waals surface area contributed by atoms with E-state index in [1.54, 1.807) is 17.0 Å². The summed E-state index contributed by atoms with van der Waals surface area (Å²) in [5.74, 6) is 0. The van der Waals surface area contributed by atoms with Gasteiger partial charge in [-0.05, 0) is 19.1 Å². The molecule has 0 bridgehead atoms. The van der Waals surface area contributed by atoms with Crippen molar-refractivity contribution >= 4 is 23.3 Å². The van der Waals surface area contributed by atoms with Crippen molar-refractivity contribution in [1.82, 2.24) is 10.2 Å². The Labute approximate surface area is 106 Å². The predicted octanol–water partition coefficient (Wildman–Crippen LogP) is 2.17. The Morgan fingerprint density at radius 2 is 2.29 bits per heavy atom. The second kappa shape index (κ2) is 5.38. The van der Waals surface area contributed by atoms with Crippen molar-refractivity contribution in [3.05, 3.63) is 29.3 Å². The number of carbonyl (C=O) groups excluding carboxylic acids is 1. The molecule has 4 nitrogen and oxygen atoms in total. The fourth-order valence-corrected chi connectivity index (χ4v) is 2.06. The summed E-state index contributed by atoms with van der Waals surface area (Å²) in [6, 6.07) is 7.49. The van der Waals surface area contributed by atoms with Crippen LogP contribution in [-0.4, -0.2) is 36.6 Å². The minimum Gasteiger partial charge on any atom is -0.322 e. The van der Waals surface area contributed by atoms with Crippen LogP contribution >= 0.6 is 11.6 Å². The van der Waals surface area contributed by atoms with Crippen LogP contribution in [-0.2, 0) is 0 Å². The van der Waals surface area contributed by atoms with E-state index in [1.807, 2.05) is 12.1 Å². The first-order valence-electron chi connectivity index (χ1n) is 5.70. The molecule has 17 heavy (non-hydrogen) atoms. The first kappa shape index (κ1) is 12.2. The van der Waals surface area contributed by atoms with E-state index in [4.69, 9.17) is 11.6 Å². The van der Waals surface area contributed by atoms with Gasteiger partial charge < -0.3 is 15.5 Å². The second-order valence-corrected chi connectivity index (χ2v) is 4.62. The van der Waals surface area contributed by atoms with Crippen molar-refractivity contribution in [1.29, 1.82) is 0 Å². The summed E-state index contributed by atoms with van der Waals surface area (Å²) in [6.07, 6.45) is 0. The molecule has 0 saturated carbocycles. The van der Waals surface area contributed by atoms with Crippen LogP contribution < -0.4 is 10.6 Å². The fourth-order valence-electron chi connectivity index (χ4n) is 1.87. The number of benzene rings is 1. The molecule has 1 aromatic rings. The Bertz CT molecular complexity index is 410. The molecule has 2 rings (SSSR count). The van der Waals surface area contributed by atoms with Crippen LogP contribution in [0.25, 0.3) is 0 Å². The van der Waals surface area contributed by atoms with Crippen LogP contribution in [0.3, 0.4) is 0 Å². The third-order valence-corrected chi connectivity index (χ3v) is 3.10. The monoisotopic (exact) mass is 253 g/mol. The minimum absolute atomic E-state index is 0.0912. The lowest BCUT2D eigenvalue weighted by molar-refractivity contribution is 0.192. The maximum Gasteiger partial charge on any atom is 0.321 e. The number of nitrogens with zero attached hydrogens (tertiary/aromatic N) is 1. The van der Waals surface area contributed by atoms with Gasteiger partial charge in [-0.2, -0.15) is 0 Å². The van der Waals surface area contributed by atoms with Gasteiger partial charge in [0.15, 0.2) is 0 Å². The van der Waals surface area contributed by atoms with Crippen molar-refractivity contribution in [2.24, 2.45) is 0 Å². The molecular formula is C12H16ClN3O. The number of urea groups is 1. The third kappa shape index (κ3) is 3.11. The molecule has 2 N–H and O–H groups in total. The molecule has 0 spiro atoms. The van der Waals surface area contributed by atoms with E-state index < -0.39 is 0 Å². The van der Waals surface area contributed by atoms with Gasteiger partial charge in [0.1, 0.15) is 0 Å². The molecule has 1 aromatic carbocycles. The zero-order valence-electron chi connectivity index (χ0n) is 9.74. The van der Waals surface area contributed by atoms with Crippen LogP contribution in [0, 0.1) is 0 Å². The van der Waals surface area contributed by atoms with Gasteiger partial charge >= 0.3 is 6.03 Å². The highest BCUT2D eigenvalue weighted by molar-refractivity contribution is 6.33. The number of para-hydroxylation sites is 1. The molecule has 5 heteroatoms. The molecule has 2 amide bonds. The maximum absolute atomic E-state index is 12.0. The molecule has 1 atom stereocenters. The Balaban J connectivity index is 1.99. The van der Waals surface area contributed by atoms with Crippen molar-refractivity contribution in [3.8, 4) is 0 Å². The lowest BCUT2D eigenvalue weighted by Gasteiger charge is -2.31. The summed E-state index contributed by atoms with van der Waals surface area (Å²) >= 11 is 5.99. The topological polar surface area (TPSA) is 44.4 Å². The van der Waals surface area contributed by atoms with E-state index in [2.05, 4.69) is 17.6 Å². The Morgan fingerprint density at radius 1 is 1.53 bits per heavy atom. The van der Waals surface area contributed by atoms with E-state index in [0.29, 0.717) is 16.8 Å². The highest BCUT2D eigenvalue weighted by atomic mass is 35.5. The number of anilines is 1. The second-order valence-electron chi connectivity index (χ2n) is 4.21. The van der Waals surface area contributed by atoms with Gasteiger partial charge in [-0.3, -0.25) is 0 Å². The van der Waals surface area contributed by atoms with Crippen molar-refractivity contribution < 1.29 is 4.79 Å². The number of piperazine rings is 1. The number of hydrogen-bond acceptors (Lipinski definition) is 2. The number of nitrogens with one attached hydrogen (secondary N) is 2. The van der Waals surface area contributed by atoms with Crippen molar-refractivity contribution in [3.63, 3.8) is 0 Å². The fraction of sp³-hybridized carbons (Fsp3) is 0.417. The first-order chi connectivity index (χ1) is 8.16. The summed E-state index contributed by atoms with van der Waals surface area (Å²) in [4.78, 5) is 13.8. The van der Waals surface area contributed by atoms with Gasteiger partial charge in [0.25, 0.3) is 0 Å². The SMILES string of the molecule is CC1CN(C(=O)Nc2ccccc2Cl)CCN1. The van der Waals surface area contributed by atoms with E-state index in [0.717, 1.165) is 19.6 Å². The zero-order chi connectivity index (χ0) is 12.3. The number of carbonyl (C=O) groups is 1. The molecular weight excluding hydrogens is 238 g/mol. The third-order valence-electron chi connectivity index (χ3n) is 2.77. The van der Waals surface area contributed by atoms with Crippen LogP contribution in [0.1, 0.15) is 6.92 Å². The van der Waals surface area contributed by atoms with Gasteiger partial charge in [0, 0.05) is 25.7 Å². The Hall–Kier alpha value is -1.26. The van der Waals surface area contributed by atoms with Gasteiger partial charge in [-0.1, -0.05) is 23.7 Å². The molecule has 1 unspecified atom stereocenters. The zero-order valence-corrected chi connectivity index (χ0v) is 10.5. The largest absolute Gasteiger partial charge is 0.322 e. The van der Waals surface area contributed by atoms with Gasteiger partial charge in [-0.15, -0.1) is 0 Å². The molecule has 92 valence electrons. The van der Waals surface area contributed by atoms with E-state index in [9.17, 15) is 4.79 Å². The predicted molar refractivity (Wildman–Crippen MR) is 69.5 cm³/mol. The summed E-state index contributed by atoms with van der Waals surface area (Å²) in [7, 11) is 0. The first-order valence-corrected chi connectivity index (χ1v) is 6.08. The standard InChI is InChI=1S/C12H16ClN3O/c1-9-8-16(7-6-14-9)12(17)15-11-5-3-2-4-10(11)13/h2-5,9,14H,6-8H2,1H3,(H,15,17). The summed E-state index contributed by atoms with van der Waals surface area (Å²) in [5, 5.41) is 6.68. The van der Waals surface area contributed by atoms with Crippen molar-refractivity contribution in [2.45, 2.75) is 13.0 Å². The molecule has 1 fully saturated rings. The average molecular weight is 254 g/mol. The number of amides is 2. The molecule has 1 aliphatic heterocycles. The average Bonchev–Trinajstić information content (AvgIpc) is 2.32. The van der Waals surface area contributed by atoms with E-state index in [1.165, 1.54) is 0 Å². The lowest BCUT2D eigenvalue weighted by atomic mass is 10.2. The summed E-state index contributed by atoms with van der Waals surface area (Å²) < 4.78 is 0. The smallest absolute Gasteiger partial charge is 0.321 e. The molecule has 1 aliphatic rings. The van der Waals surface area contributed by atoms with E-state index in [-0.39, 0.29) is 6.03 Å². The van der Waals surface area contributed by atoms with Crippen LogP contribution in [0.15, 0.2) is 24.3 Å². The van der Waals surface area contributed by atoms with Crippen molar-refractivity contribution in [2.75, 3.05) is 25.0 Å². The van der Waals surface area contributed by atoms with Crippen LogP contribution in [0.2, 0.25) is 5.02 Å². The lowest BCUT2D eigenvalue weighted by Crippen LogP contribution is -2.52. The summed E-state index contributed by atoms with van der Waals surface area (Å²) in [6.45, 7) is 4.34. The molecule has 0 radical (unpaired) electrons. The molecule has 1 heterocycles. The summed E-state index contributed by atoms with van der Waals surface area (Å²) in [5.41, 5.74) is 0.658. The quantitative estimate of drug-likeness (QED) is 0.806. The highest BCUT2D eigenvalue weighted by Crippen LogP contribution is 2.20. The number of rotatable bonds is 1. The maximum atomic E-state index is 12.0. The highest BCUT2D eigenvalue weighted by Gasteiger charge is 2.20. The normalized spacial score (nSPS) is 20.1. The number of halogens is 1. The van der Waals surface area contributed by atoms with Crippen LogP contribution in [0.5, 0.6) is 0 Å². The van der Waals surface area contributed by atoms with Gasteiger partial charge in [0.05, 0.1) is 10.7 Å². The minimum atomic E-state index is -0.0912. The molecule has 1 saturated heterocycles. The molecule has 0 aliphatic carbocycles. The van der Waals surface area contributed by atoms with Gasteiger partial charge in [-0.25, -0.2) is 4.79 Å². The molecule has 0 aromatic heterocycles. The van der Waals surface area contributed by atoms with Gasteiger partial charge in [0.2, 0.25) is 0 Å². The Kier molecular flexibility index (Phi) is 3.86. The Morgan fingerprint density at radius 3 is 3.00 bits per heavy atom. The van der Waals surface area contributed by atoms with E-state index >= 15 is 0 Å². The number of hydrogen-bond donors (Lipinski definition) is 2.